The summed E-state index contributed by atoms with van der Waals surface area (Å²) >= 11 is 0. The van der Waals surface area contributed by atoms with Gasteiger partial charge in [0.1, 0.15) is 5.82 Å². The van der Waals surface area contributed by atoms with Gasteiger partial charge in [0.25, 0.3) is 5.91 Å². The van der Waals surface area contributed by atoms with Crippen molar-refractivity contribution in [2.24, 2.45) is 5.41 Å². The molecule has 3 nitrogen and oxygen atoms in total. The van der Waals surface area contributed by atoms with E-state index in [1.54, 1.807) is 0 Å². The normalized spacial score (nSPS) is 13.2. The van der Waals surface area contributed by atoms with E-state index in [2.05, 4.69) is 5.32 Å². The molecule has 1 rings (SSSR count). The number of nitrogens with two attached hydrogens (primary N) is 1. The van der Waals surface area contributed by atoms with Crippen molar-refractivity contribution in [1.29, 1.82) is 0 Å². The van der Waals surface area contributed by atoms with E-state index in [1.807, 2.05) is 27.7 Å². The highest BCUT2D eigenvalue weighted by molar-refractivity contribution is 5.95. The van der Waals surface area contributed by atoms with Crippen LogP contribution in [0.1, 0.15) is 38.1 Å². The first kappa shape index (κ1) is 13.5. The van der Waals surface area contributed by atoms with Crippen LogP contribution in [0.3, 0.4) is 0 Å². The molecular weight excluding hydrogens is 219 g/mol. The second-order valence-electron chi connectivity index (χ2n) is 5.30. The van der Waals surface area contributed by atoms with Crippen LogP contribution in [0.25, 0.3) is 0 Å². The van der Waals surface area contributed by atoms with E-state index < -0.39 is 11.7 Å². The smallest absolute Gasteiger partial charge is 0.254 e. The number of rotatable bonds is 2. The Balaban J connectivity index is 2.87. The fourth-order valence-electron chi connectivity index (χ4n) is 1.21. The van der Waals surface area contributed by atoms with Crippen molar-refractivity contribution in [2.45, 2.75) is 33.7 Å². The number of benzene rings is 1. The van der Waals surface area contributed by atoms with Gasteiger partial charge in [0.05, 0.1) is 5.56 Å². The molecule has 0 aliphatic carbocycles. The van der Waals surface area contributed by atoms with Crippen molar-refractivity contribution in [3.05, 3.63) is 29.6 Å². The topological polar surface area (TPSA) is 55.1 Å². The van der Waals surface area contributed by atoms with Gasteiger partial charge < -0.3 is 11.1 Å². The average molecular weight is 238 g/mol. The minimum absolute atomic E-state index is 0.0129. The van der Waals surface area contributed by atoms with Crippen molar-refractivity contribution in [3.8, 4) is 0 Å². The molecule has 4 heteroatoms. The zero-order valence-corrected chi connectivity index (χ0v) is 10.7. The molecule has 94 valence electrons. The summed E-state index contributed by atoms with van der Waals surface area (Å²) in [5.74, 6) is -0.991. The molecule has 0 aliphatic heterocycles. The zero-order chi connectivity index (χ0) is 13.2. The van der Waals surface area contributed by atoms with Gasteiger partial charge in [0.2, 0.25) is 0 Å². The number of carbonyl (C=O) groups excluding carboxylic acids is 1. The summed E-state index contributed by atoms with van der Waals surface area (Å²) in [5.41, 5.74) is 5.82. The molecule has 17 heavy (non-hydrogen) atoms. The fraction of sp³-hybridized carbons (Fsp3) is 0.462. The minimum atomic E-state index is -0.558. The molecule has 0 aliphatic rings. The molecule has 0 radical (unpaired) electrons. The zero-order valence-electron chi connectivity index (χ0n) is 10.7. The molecule has 3 N–H and O–H groups in total. The quantitative estimate of drug-likeness (QED) is 0.778. The van der Waals surface area contributed by atoms with Gasteiger partial charge >= 0.3 is 0 Å². The van der Waals surface area contributed by atoms with E-state index in [0.717, 1.165) is 0 Å². The third-order valence-electron chi connectivity index (χ3n) is 2.88. The third kappa shape index (κ3) is 3.44. The molecular formula is C13H19FN2O. The highest BCUT2D eigenvalue weighted by atomic mass is 19.1. The lowest BCUT2D eigenvalue weighted by atomic mass is 9.88. The van der Waals surface area contributed by atoms with Crippen LogP contribution >= 0.6 is 0 Å². The summed E-state index contributed by atoms with van der Waals surface area (Å²) in [5, 5.41) is 2.77. The van der Waals surface area contributed by atoms with Gasteiger partial charge in [0, 0.05) is 11.7 Å². The Kier molecular flexibility index (Phi) is 3.76. The van der Waals surface area contributed by atoms with Gasteiger partial charge in [-0.3, -0.25) is 4.79 Å². The van der Waals surface area contributed by atoms with Gasteiger partial charge in [0.15, 0.2) is 0 Å². The van der Waals surface area contributed by atoms with Crippen LogP contribution in [-0.4, -0.2) is 11.9 Å². The Bertz CT molecular complexity index is 424. The monoisotopic (exact) mass is 238 g/mol. The van der Waals surface area contributed by atoms with Gasteiger partial charge in [-0.2, -0.15) is 0 Å². The maximum absolute atomic E-state index is 13.5. The minimum Gasteiger partial charge on any atom is -0.399 e. The number of nitrogens with one attached hydrogen (secondary N) is 1. The summed E-state index contributed by atoms with van der Waals surface area (Å²) in [7, 11) is 0. The first-order valence-corrected chi connectivity index (χ1v) is 5.57. The second-order valence-corrected chi connectivity index (χ2v) is 5.30. The Morgan fingerprint density at radius 2 is 2.00 bits per heavy atom. The lowest BCUT2D eigenvalue weighted by molar-refractivity contribution is 0.0906. The molecule has 0 saturated carbocycles. The molecule has 0 bridgehead atoms. The van der Waals surface area contributed by atoms with Crippen LogP contribution in [0.4, 0.5) is 10.1 Å². The molecule has 1 unspecified atom stereocenters. The maximum atomic E-state index is 13.5. The van der Waals surface area contributed by atoms with E-state index in [1.165, 1.54) is 18.2 Å². The van der Waals surface area contributed by atoms with Crippen LogP contribution in [0.2, 0.25) is 0 Å². The highest BCUT2D eigenvalue weighted by Crippen LogP contribution is 2.19. The Morgan fingerprint density at radius 3 is 2.53 bits per heavy atom. The van der Waals surface area contributed by atoms with E-state index >= 15 is 0 Å². The number of hydrogen-bond donors (Lipinski definition) is 2. The van der Waals surface area contributed by atoms with Gasteiger partial charge in [-0.1, -0.05) is 20.8 Å². The van der Waals surface area contributed by atoms with Gasteiger partial charge in [-0.05, 0) is 30.5 Å². The first-order valence-electron chi connectivity index (χ1n) is 5.57. The fourth-order valence-corrected chi connectivity index (χ4v) is 1.21. The molecule has 1 aromatic carbocycles. The number of carbonyl (C=O) groups is 1. The number of nitrogen functional groups attached to an aromatic ring is 1. The van der Waals surface area contributed by atoms with Crippen molar-refractivity contribution in [2.75, 3.05) is 5.73 Å². The SMILES string of the molecule is CC(NC(=O)c1cc(N)ccc1F)C(C)(C)C. The standard InChI is InChI=1S/C13H19FN2O/c1-8(13(2,3)4)16-12(17)10-7-9(15)5-6-11(10)14/h5-8H,15H2,1-4H3,(H,16,17). The molecule has 1 amide bonds. The average Bonchev–Trinajstić information content (AvgIpc) is 2.20. The van der Waals surface area contributed by atoms with Crippen LogP contribution in [0, 0.1) is 11.2 Å². The number of halogens is 1. The molecule has 0 saturated heterocycles. The number of anilines is 1. The van der Waals surface area contributed by atoms with Crippen LogP contribution in [0.5, 0.6) is 0 Å². The molecule has 1 aromatic rings. The summed E-state index contributed by atoms with van der Waals surface area (Å²) in [6.45, 7) is 7.91. The molecule has 0 aromatic heterocycles. The molecule has 0 heterocycles. The van der Waals surface area contributed by atoms with Crippen LogP contribution in [-0.2, 0) is 0 Å². The first-order chi connectivity index (χ1) is 7.71. The maximum Gasteiger partial charge on any atom is 0.254 e. The molecule has 0 spiro atoms. The van der Waals surface area contributed by atoms with Gasteiger partial charge in [-0.15, -0.1) is 0 Å². The molecule has 0 fully saturated rings. The number of hydrogen-bond acceptors (Lipinski definition) is 2. The predicted molar refractivity (Wildman–Crippen MR) is 67.2 cm³/mol. The van der Waals surface area contributed by atoms with Crippen LogP contribution in [0.15, 0.2) is 18.2 Å². The number of amides is 1. The van der Waals surface area contributed by atoms with E-state index in [0.29, 0.717) is 5.69 Å². The van der Waals surface area contributed by atoms with Crippen molar-refractivity contribution >= 4 is 11.6 Å². The molecule has 1 atom stereocenters. The Morgan fingerprint density at radius 1 is 1.41 bits per heavy atom. The Hall–Kier alpha value is -1.58. The summed E-state index contributed by atoms with van der Waals surface area (Å²) in [6.07, 6.45) is 0. The van der Waals surface area contributed by atoms with E-state index in [9.17, 15) is 9.18 Å². The summed E-state index contributed by atoms with van der Waals surface area (Å²) < 4.78 is 13.5. The largest absolute Gasteiger partial charge is 0.399 e. The van der Waals surface area contributed by atoms with E-state index in [4.69, 9.17) is 5.73 Å². The van der Waals surface area contributed by atoms with Crippen molar-refractivity contribution < 1.29 is 9.18 Å². The Labute approximate surface area is 101 Å². The second kappa shape index (κ2) is 4.73. The predicted octanol–water partition coefficient (Wildman–Crippen LogP) is 2.57. The lowest BCUT2D eigenvalue weighted by Crippen LogP contribution is -2.41. The lowest BCUT2D eigenvalue weighted by Gasteiger charge is -2.28. The summed E-state index contributed by atoms with van der Waals surface area (Å²) in [4.78, 5) is 11.9. The van der Waals surface area contributed by atoms with E-state index in [-0.39, 0.29) is 17.0 Å². The highest BCUT2D eigenvalue weighted by Gasteiger charge is 2.23. The van der Waals surface area contributed by atoms with Crippen molar-refractivity contribution in [3.63, 3.8) is 0 Å². The summed E-state index contributed by atoms with van der Waals surface area (Å²) in [6, 6.07) is 3.92. The van der Waals surface area contributed by atoms with Gasteiger partial charge in [-0.25, -0.2) is 4.39 Å². The third-order valence-corrected chi connectivity index (χ3v) is 2.88. The van der Waals surface area contributed by atoms with Crippen LogP contribution < -0.4 is 11.1 Å². The van der Waals surface area contributed by atoms with Crippen molar-refractivity contribution in [1.82, 2.24) is 5.32 Å².